The highest BCUT2D eigenvalue weighted by Crippen LogP contribution is 2.33. The lowest BCUT2D eigenvalue weighted by atomic mass is 9.92. The van der Waals surface area contributed by atoms with Crippen molar-refractivity contribution in [2.45, 2.75) is 39.7 Å². The molecule has 0 N–H and O–H groups in total. The minimum absolute atomic E-state index is 0.0818. The Hall–Kier alpha value is -3.22. The summed E-state index contributed by atoms with van der Waals surface area (Å²) >= 11 is 0. The maximum Gasteiger partial charge on any atom is 0.262 e. The van der Waals surface area contributed by atoms with Crippen LogP contribution in [0.15, 0.2) is 53.6 Å². The van der Waals surface area contributed by atoms with Crippen LogP contribution >= 0.6 is 0 Å². The van der Waals surface area contributed by atoms with Gasteiger partial charge in [0.1, 0.15) is 18.1 Å². The Morgan fingerprint density at radius 2 is 1.88 bits per heavy atom. The van der Waals surface area contributed by atoms with Crippen LogP contribution in [0.2, 0.25) is 0 Å². The van der Waals surface area contributed by atoms with E-state index >= 15 is 0 Å². The summed E-state index contributed by atoms with van der Waals surface area (Å²) in [5.74, 6) is -0.0331. The van der Waals surface area contributed by atoms with Crippen molar-refractivity contribution in [3.05, 3.63) is 65.5 Å². The second kappa shape index (κ2) is 9.51. The van der Waals surface area contributed by atoms with Gasteiger partial charge >= 0.3 is 0 Å². The summed E-state index contributed by atoms with van der Waals surface area (Å²) in [6.45, 7) is 5.87. The topological polar surface area (TPSA) is 62.2 Å². The molecule has 7 heteroatoms. The van der Waals surface area contributed by atoms with Gasteiger partial charge in [0, 0.05) is 25.5 Å². The van der Waals surface area contributed by atoms with Crippen LogP contribution in [-0.4, -0.2) is 48.1 Å². The summed E-state index contributed by atoms with van der Waals surface area (Å²) in [5, 5.41) is 6.03. The number of likely N-dealkylation sites (N-methyl/N-ethyl adjacent to an activating group) is 1. The van der Waals surface area contributed by atoms with E-state index in [-0.39, 0.29) is 35.6 Å². The molecule has 1 aliphatic heterocycles. The van der Waals surface area contributed by atoms with Crippen LogP contribution in [0.1, 0.15) is 50.8 Å². The summed E-state index contributed by atoms with van der Waals surface area (Å²) in [5.41, 5.74) is 2.19. The van der Waals surface area contributed by atoms with Crippen LogP contribution in [0.4, 0.5) is 4.39 Å². The summed E-state index contributed by atoms with van der Waals surface area (Å²) in [7, 11) is 3.22. The predicted molar refractivity (Wildman–Crippen MR) is 122 cm³/mol. The van der Waals surface area contributed by atoms with E-state index in [1.807, 2.05) is 45.0 Å². The minimum Gasteiger partial charge on any atom is -0.497 e. The first-order valence-corrected chi connectivity index (χ1v) is 10.6. The van der Waals surface area contributed by atoms with Gasteiger partial charge in [-0.05, 0) is 35.2 Å². The quantitative estimate of drug-likeness (QED) is 0.670. The fourth-order valence-electron chi connectivity index (χ4n) is 3.61. The number of carbonyl (C=O) groups is 2. The number of benzene rings is 2. The Morgan fingerprint density at radius 1 is 1.19 bits per heavy atom. The number of halogens is 1. The van der Waals surface area contributed by atoms with Gasteiger partial charge in [0.25, 0.3) is 5.91 Å². The van der Waals surface area contributed by atoms with E-state index in [1.165, 1.54) is 22.0 Å². The fourth-order valence-corrected chi connectivity index (χ4v) is 3.61. The van der Waals surface area contributed by atoms with Crippen molar-refractivity contribution >= 4 is 17.5 Å². The lowest BCUT2D eigenvalue weighted by Gasteiger charge is -2.26. The molecule has 0 aliphatic carbocycles. The molecule has 0 saturated heterocycles. The van der Waals surface area contributed by atoms with Crippen LogP contribution < -0.4 is 4.74 Å². The third-order valence-electron chi connectivity index (χ3n) is 5.30. The van der Waals surface area contributed by atoms with Crippen LogP contribution in [0.3, 0.4) is 0 Å². The summed E-state index contributed by atoms with van der Waals surface area (Å²) < 4.78 is 18.8. The Bertz CT molecular complexity index is 1010. The molecule has 3 rings (SSSR count). The SMILES string of the molecule is COc1cccc(C2=NN(C(=O)CN(C)C(=O)CC(C)(C)C)C(c3ccc(F)cc3)C2)c1. The highest BCUT2D eigenvalue weighted by Gasteiger charge is 2.34. The number of ether oxygens (including phenoxy) is 1. The third kappa shape index (κ3) is 5.72. The molecule has 0 spiro atoms. The first kappa shape index (κ1) is 23.4. The van der Waals surface area contributed by atoms with E-state index in [1.54, 1.807) is 26.3 Å². The first-order chi connectivity index (χ1) is 15.1. The van der Waals surface area contributed by atoms with E-state index in [2.05, 4.69) is 5.10 Å². The molecule has 0 bridgehead atoms. The van der Waals surface area contributed by atoms with Crippen molar-refractivity contribution in [3.8, 4) is 5.75 Å². The van der Waals surface area contributed by atoms with Gasteiger partial charge < -0.3 is 9.64 Å². The Morgan fingerprint density at radius 3 is 2.50 bits per heavy atom. The third-order valence-corrected chi connectivity index (χ3v) is 5.30. The minimum atomic E-state index is -0.379. The summed E-state index contributed by atoms with van der Waals surface area (Å²) in [6, 6.07) is 13.2. The van der Waals surface area contributed by atoms with Gasteiger partial charge in [0.15, 0.2) is 0 Å². The molecule has 170 valence electrons. The number of hydrogen-bond donors (Lipinski definition) is 0. The zero-order chi connectivity index (χ0) is 23.5. The van der Waals surface area contributed by atoms with Crippen molar-refractivity contribution in [3.63, 3.8) is 0 Å². The number of amides is 2. The monoisotopic (exact) mass is 439 g/mol. The molecule has 1 atom stereocenters. The number of rotatable bonds is 6. The predicted octanol–water partition coefficient (Wildman–Crippen LogP) is 4.41. The molecular weight excluding hydrogens is 409 g/mol. The Kier molecular flexibility index (Phi) is 6.96. The second-order valence-corrected chi connectivity index (χ2v) is 9.28. The van der Waals surface area contributed by atoms with Crippen LogP contribution in [0.5, 0.6) is 5.75 Å². The molecule has 1 unspecified atom stereocenters. The summed E-state index contributed by atoms with van der Waals surface area (Å²) in [6.07, 6.45) is 0.820. The zero-order valence-corrected chi connectivity index (χ0v) is 19.3. The molecule has 32 heavy (non-hydrogen) atoms. The molecule has 0 saturated carbocycles. The zero-order valence-electron chi connectivity index (χ0n) is 19.3. The van der Waals surface area contributed by atoms with Crippen molar-refractivity contribution < 1.29 is 18.7 Å². The fraction of sp³-hybridized carbons (Fsp3) is 0.400. The van der Waals surface area contributed by atoms with Gasteiger partial charge in [0.05, 0.1) is 18.9 Å². The summed E-state index contributed by atoms with van der Waals surface area (Å²) in [4.78, 5) is 27.2. The average molecular weight is 440 g/mol. The molecule has 2 amide bonds. The molecule has 0 fully saturated rings. The van der Waals surface area contributed by atoms with Crippen molar-refractivity contribution in [1.29, 1.82) is 0 Å². The molecule has 0 radical (unpaired) electrons. The van der Waals surface area contributed by atoms with Crippen LogP contribution in [0, 0.1) is 11.2 Å². The lowest BCUT2D eigenvalue weighted by molar-refractivity contribution is -0.141. The highest BCUT2D eigenvalue weighted by atomic mass is 19.1. The van der Waals surface area contributed by atoms with E-state index < -0.39 is 0 Å². The van der Waals surface area contributed by atoms with Crippen LogP contribution in [-0.2, 0) is 9.59 Å². The van der Waals surface area contributed by atoms with Gasteiger partial charge in [-0.25, -0.2) is 9.40 Å². The second-order valence-electron chi connectivity index (χ2n) is 9.28. The van der Waals surface area contributed by atoms with Gasteiger partial charge in [-0.3, -0.25) is 9.59 Å². The molecule has 2 aromatic carbocycles. The normalized spacial score (nSPS) is 16.0. The van der Waals surface area contributed by atoms with E-state index in [9.17, 15) is 14.0 Å². The van der Waals surface area contributed by atoms with Gasteiger partial charge in [-0.2, -0.15) is 5.10 Å². The number of hydrogen-bond acceptors (Lipinski definition) is 4. The molecule has 2 aromatic rings. The Balaban J connectivity index is 1.86. The van der Waals surface area contributed by atoms with E-state index in [0.717, 1.165) is 16.8 Å². The van der Waals surface area contributed by atoms with Gasteiger partial charge in [0.2, 0.25) is 5.91 Å². The Labute approximate surface area is 188 Å². The van der Waals surface area contributed by atoms with Gasteiger partial charge in [-0.1, -0.05) is 45.0 Å². The maximum absolute atomic E-state index is 13.5. The lowest BCUT2D eigenvalue weighted by Crippen LogP contribution is -2.40. The highest BCUT2D eigenvalue weighted by molar-refractivity contribution is 6.03. The van der Waals surface area contributed by atoms with E-state index in [4.69, 9.17) is 4.74 Å². The smallest absolute Gasteiger partial charge is 0.262 e. The first-order valence-electron chi connectivity index (χ1n) is 10.6. The van der Waals surface area contributed by atoms with Crippen molar-refractivity contribution in [2.75, 3.05) is 20.7 Å². The number of hydrazone groups is 1. The van der Waals surface area contributed by atoms with Crippen LogP contribution in [0.25, 0.3) is 0 Å². The largest absolute Gasteiger partial charge is 0.497 e. The maximum atomic E-state index is 13.5. The molecule has 6 nitrogen and oxygen atoms in total. The number of nitrogens with zero attached hydrogens (tertiary/aromatic N) is 3. The van der Waals surface area contributed by atoms with E-state index in [0.29, 0.717) is 18.6 Å². The molecule has 0 aromatic heterocycles. The van der Waals surface area contributed by atoms with Gasteiger partial charge in [-0.15, -0.1) is 0 Å². The molecular formula is C25H30FN3O3. The standard InChI is InChI=1S/C25H30FN3O3/c1-25(2,3)15-23(30)28(4)16-24(31)29-22(17-9-11-19(26)12-10-17)14-21(27-29)18-7-6-8-20(13-18)32-5/h6-13,22H,14-16H2,1-5H3. The number of methoxy groups -OCH3 is 1. The molecule has 1 heterocycles. The van der Waals surface area contributed by atoms with Crippen molar-refractivity contribution in [2.24, 2.45) is 10.5 Å². The number of carbonyl (C=O) groups excluding carboxylic acids is 2. The molecule has 1 aliphatic rings. The average Bonchev–Trinajstić information content (AvgIpc) is 3.18. The van der Waals surface area contributed by atoms with Crippen molar-refractivity contribution in [1.82, 2.24) is 9.91 Å².